The molecule has 3 N–H and O–H groups in total. The Bertz CT molecular complexity index is 813. The number of aromatic nitrogens is 3. The fraction of sp³-hybridized carbons (Fsp3) is 0.353. The van der Waals surface area contributed by atoms with Crippen molar-refractivity contribution < 1.29 is 0 Å². The summed E-state index contributed by atoms with van der Waals surface area (Å²) in [5.74, 6) is 0.616. The lowest BCUT2D eigenvalue weighted by Gasteiger charge is -2.18. The van der Waals surface area contributed by atoms with Crippen molar-refractivity contribution in [1.82, 2.24) is 19.9 Å². The zero-order valence-electron chi connectivity index (χ0n) is 13.6. The topological polar surface area (TPSA) is 80.0 Å². The van der Waals surface area contributed by atoms with Gasteiger partial charge in [0.2, 0.25) is 5.95 Å². The molecule has 2 heterocycles. The summed E-state index contributed by atoms with van der Waals surface area (Å²) in [6.07, 6.45) is 5.36. The van der Waals surface area contributed by atoms with Gasteiger partial charge in [-0.15, -0.1) is 0 Å². The van der Waals surface area contributed by atoms with E-state index in [2.05, 4.69) is 39.0 Å². The molecular formula is C17H22N6. The highest BCUT2D eigenvalue weighted by molar-refractivity contribution is 6.08. The maximum absolute atomic E-state index is 6.29. The van der Waals surface area contributed by atoms with Gasteiger partial charge in [-0.25, -0.2) is 9.97 Å². The van der Waals surface area contributed by atoms with Gasteiger partial charge >= 0.3 is 0 Å². The summed E-state index contributed by atoms with van der Waals surface area (Å²) < 4.78 is 0. The van der Waals surface area contributed by atoms with Crippen molar-refractivity contribution in [2.45, 2.75) is 13.8 Å². The molecule has 1 aromatic carbocycles. The number of likely N-dealkylation sites (N-methyl/N-ethyl adjacent to an activating group) is 1. The highest BCUT2D eigenvalue weighted by Crippen LogP contribution is 2.28. The lowest BCUT2D eigenvalue weighted by Crippen LogP contribution is -2.28. The van der Waals surface area contributed by atoms with Crippen LogP contribution in [0.3, 0.4) is 0 Å². The van der Waals surface area contributed by atoms with E-state index < -0.39 is 0 Å². The zero-order chi connectivity index (χ0) is 16.2. The van der Waals surface area contributed by atoms with Crippen LogP contribution in [0.5, 0.6) is 0 Å². The van der Waals surface area contributed by atoms with Gasteiger partial charge in [0, 0.05) is 47.8 Å². The van der Waals surface area contributed by atoms with Crippen molar-refractivity contribution >= 4 is 33.3 Å². The summed E-state index contributed by atoms with van der Waals surface area (Å²) in [5, 5.41) is 6.18. The van der Waals surface area contributed by atoms with Crippen molar-refractivity contribution in [3.05, 3.63) is 30.7 Å². The SMILES string of the molecule is CCN(CC)CCNc1ncc2cc3cnccc3c(N)c2n1. The molecule has 0 fully saturated rings. The number of anilines is 2. The second-order valence-electron chi connectivity index (χ2n) is 5.47. The molecule has 0 aliphatic carbocycles. The highest BCUT2D eigenvalue weighted by atomic mass is 15.2. The first-order valence-corrected chi connectivity index (χ1v) is 7.98. The highest BCUT2D eigenvalue weighted by Gasteiger charge is 2.08. The predicted molar refractivity (Wildman–Crippen MR) is 95.5 cm³/mol. The van der Waals surface area contributed by atoms with E-state index in [-0.39, 0.29) is 0 Å². The van der Waals surface area contributed by atoms with Crippen LogP contribution in [-0.2, 0) is 0 Å². The first-order valence-electron chi connectivity index (χ1n) is 7.98. The van der Waals surface area contributed by atoms with Gasteiger partial charge in [-0.2, -0.15) is 0 Å². The van der Waals surface area contributed by atoms with Crippen LogP contribution in [-0.4, -0.2) is 46.0 Å². The number of rotatable bonds is 6. The van der Waals surface area contributed by atoms with Gasteiger partial charge < -0.3 is 16.0 Å². The van der Waals surface area contributed by atoms with E-state index in [1.54, 1.807) is 12.4 Å². The summed E-state index contributed by atoms with van der Waals surface area (Å²) in [6.45, 7) is 8.19. The van der Waals surface area contributed by atoms with Crippen LogP contribution >= 0.6 is 0 Å². The second kappa shape index (κ2) is 6.75. The molecule has 0 atom stereocenters. The third kappa shape index (κ3) is 3.17. The normalized spacial score (nSPS) is 11.4. The lowest BCUT2D eigenvalue weighted by atomic mass is 10.1. The maximum Gasteiger partial charge on any atom is 0.223 e. The number of hydrogen-bond acceptors (Lipinski definition) is 6. The second-order valence-corrected chi connectivity index (χ2v) is 5.47. The molecular weight excluding hydrogens is 288 g/mol. The molecule has 0 spiro atoms. The number of nitrogen functional groups attached to an aromatic ring is 1. The van der Waals surface area contributed by atoms with E-state index in [0.29, 0.717) is 11.6 Å². The average molecular weight is 310 g/mol. The summed E-state index contributed by atoms with van der Waals surface area (Å²) in [5.41, 5.74) is 7.75. The van der Waals surface area contributed by atoms with Crippen LogP contribution < -0.4 is 11.1 Å². The van der Waals surface area contributed by atoms with Gasteiger partial charge in [-0.3, -0.25) is 4.98 Å². The van der Waals surface area contributed by atoms with Crippen molar-refractivity contribution in [1.29, 1.82) is 0 Å². The largest absolute Gasteiger partial charge is 0.396 e. The van der Waals surface area contributed by atoms with Crippen LogP contribution in [0.2, 0.25) is 0 Å². The molecule has 3 rings (SSSR count). The van der Waals surface area contributed by atoms with Crippen molar-refractivity contribution in [2.24, 2.45) is 0 Å². The number of benzene rings is 1. The summed E-state index contributed by atoms with van der Waals surface area (Å²) in [6, 6.07) is 3.94. The van der Waals surface area contributed by atoms with Crippen LogP contribution in [0.4, 0.5) is 11.6 Å². The first-order chi connectivity index (χ1) is 11.2. The minimum absolute atomic E-state index is 0.616. The van der Waals surface area contributed by atoms with E-state index in [1.165, 1.54) is 0 Å². The standard InChI is InChI=1S/C17H22N6/c1-3-23(4-2)8-7-20-17-21-11-13-9-12-10-19-6-5-14(12)15(18)16(13)22-17/h5-6,9-11H,3-4,7-8,18H2,1-2H3,(H,20,21,22). The number of nitrogens with one attached hydrogen (secondary N) is 1. The molecule has 0 radical (unpaired) electrons. The fourth-order valence-corrected chi connectivity index (χ4v) is 2.73. The number of hydrogen-bond donors (Lipinski definition) is 2. The molecule has 0 unspecified atom stereocenters. The molecule has 0 aliphatic rings. The molecule has 6 heteroatoms. The molecule has 0 aliphatic heterocycles. The minimum atomic E-state index is 0.616. The monoisotopic (exact) mass is 310 g/mol. The quantitative estimate of drug-likeness (QED) is 0.538. The summed E-state index contributed by atoms with van der Waals surface area (Å²) in [7, 11) is 0. The number of nitrogens with two attached hydrogens (primary N) is 1. The molecule has 6 nitrogen and oxygen atoms in total. The Labute approximate surface area is 135 Å². The van der Waals surface area contributed by atoms with Crippen LogP contribution in [0.25, 0.3) is 21.7 Å². The van der Waals surface area contributed by atoms with Gasteiger partial charge in [-0.05, 0) is 25.2 Å². The minimum Gasteiger partial charge on any atom is -0.396 e. The van der Waals surface area contributed by atoms with E-state index in [0.717, 1.165) is 47.9 Å². The lowest BCUT2D eigenvalue weighted by molar-refractivity contribution is 0.316. The zero-order valence-corrected chi connectivity index (χ0v) is 13.6. The van der Waals surface area contributed by atoms with Crippen LogP contribution in [0.1, 0.15) is 13.8 Å². The maximum atomic E-state index is 6.29. The third-order valence-corrected chi connectivity index (χ3v) is 4.13. The molecule has 0 bridgehead atoms. The van der Waals surface area contributed by atoms with Gasteiger partial charge in [0.15, 0.2) is 0 Å². The molecule has 2 aromatic heterocycles. The van der Waals surface area contributed by atoms with E-state index >= 15 is 0 Å². The van der Waals surface area contributed by atoms with Gasteiger partial charge in [-0.1, -0.05) is 13.8 Å². The molecule has 3 aromatic rings. The van der Waals surface area contributed by atoms with E-state index in [1.807, 2.05) is 18.3 Å². The van der Waals surface area contributed by atoms with E-state index in [4.69, 9.17) is 5.73 Å². The Hall–Kier alpha value is -2.47. The molecule has 0 saturated heterocycles. The van der Waals surface area contributed by atoms with Crippen molar-refractivity contribution in [3.8, 4) is 0 Å². The summed E-state index contributed by atoms with van der Waals surface area (Å²) >= 11 is 0. The predicted octanol–water partition coefficient (Wildman–Crippen LogP) is 2.51. The number of nitrogens with zero attached hydrogens (tertiary/aromatic N) is 4. The molecule has 0 amide bonds. The van der Waals surface area contributed by atoms with Crippen LogP contribution in [0, 0.1) is 0 Å². The third-order valence-electron chi connectivity index (χ3n) is 4.13. The van der Waals surface area contributed by atoms with E-state index in [9.17, 15) is 0 Å². The smallest absolute Gasteiger partial charge is 0.223 e. The Balaban J connectivity index is 1.86. The Morgan fingerprint density at radius 3 is 2.78 bits per heavy atom. The Morgan fingerprint density at radius 2 is 2.00 bits per heavy atom. The van der Waals surface area contributed by atoms with Gasteiger partial charge in [0.25, 0.3) is 0 Å². The molecule has 23 heavy (non-hydrogen) atoms. The van der Waals surface area contributed by atoms with Crippen LogP contribution in [0.15, 0.2) is 30.7 Å². The fourth-order valence-electron chi connectivity index (χ4n) is 2.73. The van der Waals surface area contributed by atoms with Crippen molar-refractivity contribution in [3.63, 3.8) is 0 Å². The molecule has 0 saturated carbocycles. The Kier molecular flexibility index (Phi) is 4.52. The Morgan fingerprint density at radius 1 is 1.17 bits per heavy atom. The van der Waals surface area contributed by atoms with Gasteiger partial charge in [0.05, 0.1) is 11.2 Å². The number of fused-ring (bicyclic) bond motifs is 2. The van der Waals surface area contributed by atoms with Crippen molar-refractivity contribution in [2.75, 3.05) is 37.2 Å². The first kappa shape index (κ1) is 15.4. The molecule has 120 valence electrons. The van der Waals surface area contributed by atoms with Gasteiger partial charge in [0.1, 0.15) is 0 Å². The number of pyridine rings is 1. The average Bonchev–Trinajstić information content (AvgIpc) is 2.59. The summed E-state index contributed by atoms with van der Waals surface area (Å²) in [4.78, 5) is 15.5.